The molecule has 0 unspecified atom stereocenters. The fraction of sp³-hybridized carbons (Fsp3) is 0.182. The molecule has 0 atom stereocenters. The predicted octanol–water partition coefficient (Wildman–Crippen LogP) is 2.57. The van der Waals surface area contributed by atoms with Gasteiger partial charge in [-0.15, -0.1) is 0 Å². The van der Waals surface area contributed by atoms with E-state index in [-0.39, 0.29) is 0 Å². The van der Waals surface area contributed by atoms with Gasteiger partial charge in [-0.1, -0.05) is 28.1 Å². The smallest absolute Gasteiger partial charge is 0.145 e. The summed E-state index contributed by atoms with van der Waals surface area (Å²) in [6, 6.07) is 7.84. The Labute approximate surface area is 102 Å². The molecule has 0 amide bonds. The fourth-order valence-electron chi connectivity index (χ4n) is 1.47. The van der Waals surface area contributed by atoms with E-state index in [4.69, 9.17) is 10.5 Å². The summed E-state index contributed by atoms with van der Waals surface area (Å²) in [6.45, 7) is 0.589. The second kappa shape index (κ2) is 4.67. The van der Waals surface area contributed by atoms with Crippen LogP contribution in [0.4, 0.5) is 5.82 Å². The molecule has 1 aromatic carbocycles. The lowest BCUT2D eigenvalue weighted by molar-refractivity contribution is 0.184. The molecule has 0 fully saturated rings. The second-order valence-corrected chi connectivity index (χ2v) is 4.30. The lowest BCUT2D eigenvalue weighted by atomic mass is 10.1. The molecule has 1 aromatic heterocycles. The highest BCUT2D eigenvalue weighted by Gasteiger charge is 2.05. The molecular weight excluding hydrogens is 270 g/mol. The molecule has 4 nitrogen and oxygen atoms in total. The van der Waals surface area contributed by atoms with E-state index in [0.29, 0.717) is 12.4 Å². The molecular formula is C11H12BrN3O. The number of benzene rings is 1. The third-order valence-corrected chi connectivity index (χ3v) is 3.00. The van der Waals surface area contributed by atoms with Gasteiger partial charge in [0.2, 0.25) is 0 Å². The number of H-pyrrole nitrogens is 1. The Bertz CT molecular complexity index is 496. The van der Waals surface area contributed by atoms with Gasteiger partial charge >= 0.3 is 0 Å². The molecule has 0 bridgehead atoms. The zero-order valence-electron chi connectivity index (χ0n) is 8.83. The van der Waals surface area contributed by atoms with Gasteiger partial charge in [-0.2, -0.15) is 5.10 Å². The molecule has 84 valence electrons. The van der Waals surface area contributed by atoms with Crippen molar-refractivity contribution in [3.05, 3.63) is 34.3 Å². The number of ether oxygens (including phenoxy) is 1. The maximum atomic E-state index is 5.56. The van der Waals surface area contributed by atoms with Crippen LogP contribution in [0.3, 0.4) is 0 Å². The van der Waals surface area contributed by atoms with Gasteiger partial charge < -0.3 is 10.5 Å². The number of nitrogen functional groups attached to an aromatic ring is 1. The van der Waals surface area contributed by atoms with Crippen molar-refractivity contribution in [1.82, 2.24) is 10.2 Å². The standard InChI is InChI=1S/C11H12BrN3O/c1-16-6-8-3-2-7(4-9(8)12)10-5-11(13)15-14-10/h2-5H,6H2,1H3,(H3,13,14,15). The number of methoxy groups -OCH3 is 1. The fourth-order valence-corrected chi connectivity index (χ4v) is 1.97. The molecule has 2 rings (SSSR count). The van der Waals surface area contributed by atoms with Crippen molar-refractivity contribution < 1.29 is 4.74 Å². The van der Waals surface area contributed by atoms with Crippen molar-refractivity contribution in [1.29, 1.82) is 0 Å². The van der Waals surface area contributed by atoms with E-state index in [1.807, 2.05) is 18.2 Å². The highest BCUT2D eigenvalue weighted by atomic mass is 79.9. The number of aromatic amines is 1. The lowest BCUT2D eigenvalue weighted by Gasteiger charge is -2.05. The first kappa shape index (κ1) is 11.2. The number of nitrogens with one attached hydrogen (secondary N) is 1. The zero-order chi connectivity index (χ0) is 11.5. The monoisotopic (exact) mass is 281 g/mol. The van der Waals surface area contributed by atoms with E-state index in [1.165, 1.54) is 0 Å². The molecule has 0 aliphatic rings. The molecule has 0 saturated carbocycles. The Balaban J connectivity index is 2.34. The first-order valence-electron chi connectivity index (χ1n) is 4.79. The van der Waals surface area contributed by atoms with E-state index in [0.717, 1.165) is 21.3 Å². The predicted molar refractivity (Wildman–Crippen MR) is 66.8 cm³/mol. The number of nitrogens with two attached hydrogens (primary N) is 1. The number of anilines is 1. The quantitative estimate of drug-likeness (QED) is 0.909. The van der Waals surface area contributed by atoms with Gasteiger partial charge in [0.25, 0.3) is 0 Å². The summed E-state index contributed by atoms with van der Waals surface area (Å²) in [5, 5.41) is 6.77. The molecule has 3 N–H and O–H groups in total. The van der Waals surface area contributed by atoms with Gasteiger partial charge in [-0.05, 0) is 11.6 Å². The molecule has 16 heavy (non-hydrogen) atoms. The number of rotatable bonds is 3. The number of halogens is 1. The second-order valence-electron chi connectivity index (χ2n) is 3.45. The Morgan fingerprint density at radius 1 is 1.44 bits per heavy atom. The summed E-state index contributed by atoms with van der Waals surface area (Å²) in [6.07, 6.45) is 0. The van der Waals surface area contributed by atoms with E-state index >= 15 is 0 Å². The molecule has 0 spiro atoms. The third kappa shape index (κ3) is 2.25. The molecule has 0 radical (unpaired) electrons. The van der Waals surface area contributed by atoms with Crippen molar-refractivity contribution in [2.45, 2.75) is 6.61 Å². The molecule has 0 saturated heterocycles. The van der Waals surface area contributed by atoms with Crippen LogP contribution in [-0.4, -0.2) is 17.3 Å². The number of nitrogens with zero attached hydrogens (tertiary/aromatic N) is 1. The van der Waals surface area contributed by atoms with Gasteiger partial charge in [-0.3, -0.25) is 5.10 Å². The number of aromatic nitrogens is 2. The summed E-state index contributed by atoms with van der Waals surface area (Å²) >= 11 is 3.51. The average Bonchev–Trinajstić information content (AvgIpc) is 2.68. The molecule has 2 aromatic rings. The van der Waals surface area contributed by atoms with Crippen LogP contribution in [0.25, 0.3) is 11.3 Å². The summed E-state index contributed by atoms with van der Waals surface area (Å²) in [5.74, 6) is 0.493. The van der Waals surface area contributed by atoms with Crippen molar-refractivity contribution in [3.8, 4) is 11.3 Å². The Kier molecular flexibility index (Phi) is 3.26. The molecule has 1 heterocycles. The SMILES string of the molecule is COCc1ccc(-c2cc(N)n[nH]2)cc1Br. The molecule has 0 aliphatic carbocycles. The van der Waals surface area contributed by atoms with Crippen LogP contribution < -0.4 is 5.73 Å². The van der Waals surface area contributed by atoms with E-state index in [2.05, 4.69) is 26.1 Å². The number of hydrogen-bond acceptors (Lipinski definition) is 3. The van der Waals surface area contributed by atoms with Gasteiger partial charge in [0.1, 0.15) is 5.82 Å². The van der Waals surface area contributed by atoms with Crippen molar-refractivity contribution >= 4 is 21.7 Å². The molecule has 0 aliphatic heterocycles. The Morgan fingerprint density at radius 3 is 2.81 bits per heavy atom. The molecule has 5 heteroatoms. The topological polar surface area (TPSA) is 63.9 Å². The van der Waals surface area contributed by atoms with Crippen molar-refractivity contribution in [3.63, 3.8) is 0 Å². The Morgan fingerprint density at radius 2 is 2.25 bits per heavy atom. The van der Waals surface area contributed by atoms with E-state index in [9.17, 15) is 0 Å². The maximum Gasteiger partial charge on any atom is 0.145 e. The van der Waals surface area contributed by atoms with Crippen LogP contribution in [0.1, 0.15) is 5.56 Å². The van der Waals surface area contributed by atoms with E-state index in [1.54, 1.807) is 13.2 Å². The van der Waals surface area contributed by atoms with Crippen LogP contribution in [0, 0.1) is 0 Å². The maximum absolute atomic E-state index is 5.56. The zero-order valence-corrected chi connectivity index (χ0v) is 10.4. The average molecular weight is 282 g/mol. The van der Waals surface area contributed by atoms with Crippen LogP contribution in [0.15, 0.2) is 28.7 Å². The third-order valence-electron chi connectivity index (χ3n) is 2.26. The van der Waals surface area contributed by atoms with E-state index < -0.39 is 0 Å². The summed E-state index contributed by atoms with van der Waals surface area (Å²) in [5.41, 5.74) is 8.61. The minimum Gasteiger partial charge on any atom is -0.382 e. The van der Waals surface area contributed by atoms with Crippen molar-refractivity contribution in [2.24, 2.45) is 0 Å². The Hall–Kier alpha value is -1.33. The van der Waals surface area contributed by atoms with Gasteiger partial charge in [0.05, 0.1) is 12.3 Å². The highest BCUT2D eigenvalue weighted by molar-refractivity contribution is 9.10. The minimum atomic E-state index is 0.493. The van der Waals surface area contributed by atoms with Crippen LogP contribution in [-0.2, 0) is 11.3 Å². The lowest BCUT2D eigenvalue weighted by Crippen LogP contribution is -1.89. The first-order valence-corrected chi connectivity index (χ1v) is 5.58. The van der Waals surface area contributed by atoms with Crippen molar-refractivity contribution in [2.75, 3.05) is 12.8 Å². The normalized spacial score (nSPS) is 10.6. The number of hydrogen-bond donors (Lipinski definition) is 2. The van der Waals surface area contributed by atoms with Crippen LogP contribution in [0.5, 0.6) is 0 Å². The summed E-state index contributed by atoms with van der Waals surface area (Å²) in [7, 11) is 1.68. The largest absolute Gasteiger partial charge is 0.382 e. The summed E-state index contributed by atoms with van der Waals surface area (Å²) in [4.78, 5) is 0. The van der Waals surface area contributed by atoms with Crippen LogP contribution >= 0.6 is 15.9 Å². The van der Waals surface area contributed by atoms with Gasteiger partial charge in [0, 0.05) is 23.2 Å². The minimum absolute atomic E-state index is 0.493. The summed E-state index contributed by atoms with van der Waals surface area (Å²) < 4.78 is 6.10. The first-order chi connectivity index (χ1) is 7.70. The highest BCUT2D eigenvalue weighted by Crippen LogP contribution is 2.25. The van der Waals surface area contributed by atoms with Gasteiger partial charge in [-0.25, -0.2) is 0 Å². The van der Waals surface area contributed by atoms with Crippen LogP contribution in [0.2, 0.25) is 0 Å². The van der Waals surface area contributed by atoms with Gasteiger partial charge in [0.15, 0.2) is 0 Å².